The SMILES string of the molecule is CC/C=C\C/C=C\C/C=C\C/C=C\C/C=C\C/C=C\C/C=C\C/C=C\CCCCC(=O)OCC(COC(=O)CCCCCCC/C=C\C/C=C\CCC)OC(=O)CCCCCCCCCCCCCCCCCCCCCCCCCCC. The number of allylic oxidation sites excluding steroid dienone is 20. The van der Waals surface area contributed by atoms with Gasteiger partial charge in [-0.2, -0.15) is 0 Å². The summed E-state index contributed by atoms with van der Waals surface area (Å²) in [4.78, 5) is 38.4. The molecule has 1 unspecified atom stereocenters. The van der Waals surface area contributed by atoms with Gasteiger partial charge >= 0.3 is 17.9 Å². The van der Waals surface area contributed by atoms with Crippen LogP contribution in [0.1, 0.15) is 329 Å². The molecule has 0 saturated heterocycles. The third kappa shape index (κ3) is 68.5. The maximum Gasteiger partial charge on any atom is 0.306 e. The van der Waals surface area contributed by atoms with Crippen LogP contribution in [0.5, 0.6) is 0 Å². The van der Waals surface area contributed by atoms with E-state index in [0.717, 1.165) is 135 Å². The van der Waals surface area contributed by atoms with Crippen LogP contribution in [0, 0.1) is 0 Å². The lowest BCUT2D eigenvalue weighted by Gasteiger charge is -2.18. The van der Waals surface area contributed by atoms with Gasteiger partial charge in [-0.1, -0.05) is 322 Å². The van der Waals surface area contributed by atoms with Crippen molar-refractivity contribution in [1.82, 2.24) is 0 Å². The van der Waals surface area contributed by atoms with Crippen LogP contribution in [0.15, 0.2) is 122 Å². The molecule has 0 radical (unpaired) electrons. The van der Waals surface area contributed by atoms with Gasteiger partial charge in [-0.15, -0.1) is 0 Å². The summed E-state index contributed by atoms with van der Waals surface area (Å²) in [5.74, 6) is -0.947. The van der Waals surface area contributed by atoms with E-state index >= 15 is 0 Å². The Morgan fingerprint density at radius 1 is 0.253 bits per heavy atom. The molecule has 0 aromatic heterocycles. The second kappa shape index (κ2) is 70.3. The van der Waals surface area contributed by atoms with E-state index in [1.54, 1.807) is 0 Å². The van der Waals surface area contributed by atoms with Crippen LogP contribution in [0.2, 0.25) is 0 Å². The quantitative estimate of drug-likeness (QED) is 0.0261. The van der Waals surface area contributed by atoms with Crippen molar-refractivity contribution in [2.24, 2.45) is 0 Å². The minimum atomic E-state index is -0.805. The van der Waals surface area contributed by atoms with Gasteiger partial charge in [-0.25, -0.2) is 0 Å². The van der Waals surface area contributed by atoms with Crippen molar-refractivity contribution in [1.29, 1.82) is 0 Å². The number of ether oxygens (including phenoxy) is 3. The molecule has 0 aliphatic heterocycles. The summed E-state index contributed by atoms with van der Waals surface area (Å²) in [6, 6.07) is 0. The predicted octanol–water partition coefficient (Wildman–Crippen LogP) is 24.3. The average Bonchev–Trinajstić information content (AvgIpc) is 3.49. The third-order valence-corrected chi connectivity index (χ3v) is 14.9. The molecule has 0 saturated carbocycles. The normalized spacial score (nSPS) is 12.9. The lowest BCUT2D eigenvalue weighted by atomic mass is 10.0. The summed E-state index contributed by atoms with van der Waals surface area (Å²) in [6.07, 6.45) is 98.0. The van der Waals surface area contributed by atoms with E-state index in [1.807, 2.05) is 0 Å². The van der Waals surface area contributed by atoms with Crippen molar-refractivity contribution in [3.8, 4) is 0 Å². The highest BCUT2D eigenvalue weighted by molar-refractivity contribution is 5.71. The lowest BCUT2D eigenvalue weighted by molar-refractivity contribution is -0.167. The summed E-state index contributed by atoms with van der Waals surface area (Å²) in [6.45, 7) is 6.45. The molecule has 474 valence electrons. The fourth-order valence-electron chi connectivity index (χ4n) is 9.73. The van der Waals surface area contributed by atoms with Crippen molar-refractivity contribution in [3.63, 3.8) is 0 Å². The number of unbranched alkanes of at least 4 members (excludes halogenated alkanes) is 32. The smallest absolute Gasteiger partial charge is 0.306 e. The zero-order valence-electron chi connectivity index (χ0n) is 54.4. The molecule has 0 aromatic carbocycles. The minimum absolute atomic E-state index is 0.0993. The van der Waals surface area contributed by atoms with Gasteiger partial charge in [0.05, 0.1) is 0 Å². The molecular formula is C77H130O6. The van der Waals surface area contributed by atoms with E-state index in [9.17, 15) is 14.4 Å². The van der Waals surface area contributed by atoms with Crippen molar-refractivity contribution in [2.45, 2.75) is 335 Å². The molecule has 0 aromatic rings. The minimum Gasteiger partial charge on any atom is -0.462 e. The number of hydrogen-bond acceptors (Lipinski definition) is 6. The maximum atomic E-state index is 13.0. The number of rotatable bonds is 63. The summed E-state index contributed by atoms with van der Waals surface area (Å²) in [7, 11) is 0. The largest absolute Gasteiger partial charge is 0.462 e. The number of esters is 3. The Kier molecular flexibility index (Phi) is 66.7. The first-order chi connectivity index (χ1) is 41.0. The number of carbonyl (C=O) groups is 3. The van der Waals surface area contributed by atoms with E-state index in [-0.39, 0.29) is 31.1 Å². The van der Waals surface area contributed by atoms with E-state index in [1.165, 1.54) is 148 Å². The second-order valence-electron chi connectivity index (χ2n) is 23.1. The fraction of sp³-hybridized carbons (Fsp3) is 0.701. The standard InChI is InChI=1S/C77H130O6/c1-4-7-10-13-16-19-22-25-27-29-31-33-35-37-38-40-41-43-45-47-49-52-55-58-61-64-67-70-76(79)82-73-74(72-81-75(78)69-66-63-60-57-54-51-24-21-18-15-12-9-6-3)83-77(80)71-68-65-62-59-56-53-50-48-46-44-42-39-36-34-32-30-28-26-23-20-17-14-11-8-5-2/h7,10,12,15-16,19,21,24-25,27,31,33,37-38,41,43,47,49,55,58,74H,4-6,8-9,11,13-14,17-18,20,22-23,26,28-30,32,34-36,39-40,42,44-46,48,50-54,56-57,59-73H2,1-3H3/b10-7-,15-12-,19-16-,24-21-,27-25-,33-31-,38-37-,43-41-,49-47-,58-55-. The molecule has 0 aliphatic carbocycles. The molecule has 0 heterocycles. The molecule has 0 rings (SSSR count). The summed E-state index contributed by atoms with van der Waals surface area (Å²) in [5.41, 5.74) is 0. The summed E-state index contributed by atoms with van der Waals surface area (Å²) >= 11 is 0. The Bertz CT molecular complexity index is 1700. The zero-order valence-corrected chi connectivity index (χ0v) is 54.4. The Morgan fingerprint density at radius 3 is 0.807 bits per heavy atom. The highest BCUT2D eigenvalue weighted by atomic mass is 16.6. The molecule has 0 fully saturated rings. The van der Waals surface area contributed by atoms with Gasteiger partial charge in [0, 0.05) is 19.3 Å². The summed E-state index contributed by atoms with van der Waals surface area (Å²) < 4.78 is 16.9. The molecule has 0 N–H and O–H groups in total. The molecular weight excluding hydrogens is 1020 g/mol. The Balaban J connectivity index is 4.37. The molecule has 1 atom stereocenters. The second-order valence-corrected chi connectivity index (χ2v) is 23.1. The maximum absolute atomic E-state index is 13.0. The fourth-order valence-corrected chi connectivity index (χ4v) is 9.73. The van der Waals surface area contributed by atoms with Crippen molar-refractivity contribution in [3.05, 3.63) is 122 Å². The van der Waals surface area contributed by atoms with Gasteiger partial charge in [0.2, 0.25) is 0 Å². The van der Waals surface area contributed by atoms with Crippen LogP contribution < -0.4 is 0 Å². The zero-order chi connectivity index (χ0) is 59.9. The monoisotopic (exact) mass is 1150 g/mol. The van der Waals surface area contributed by atoms with Crippen molar-refractivity contribution >= 4 is 17.9 Å². The third-order valence-electron chi connectivity index (χ3n) is 14.9. The first kappa shape index (κ1) is 78.8. The van der Waals surface area contributed by atoms with Gasteiger partial charge in [0.1, 0.15) is 13.2 Å². The van der Waals surface area contributed by atoms with Crippen LogP contribution in [0.25, 0.3) is 0 Å². The lowest BCUT2D eigenvalue weighted by Crippen LogP contribution is -2.30. The predicted molar refractivity (Wildman–Crippen MR) is 362 cm³/mol. The molecule has 83 heavy (non-hydrogen) atoms. The van der Waals surface area contributed by atoms with E-state index in [2.05, 4.69) is 142 Å². The van der Waals surface area contributed by atoms with Gasteiger partial charge < -0.3 is 14.2 Å². The van der Waals surface area contributed by atoms with Crippen LogP contribution >= 0.6 is 0 Å². The Hall–Kier alpha value is -4.19. The Morgan fingerprint density at radius 2 is 0.494 bits per heavy atom. The van der Waals surface area contributed by atoms with Crippen LogP contribution in [0.3, 0.4) is 0 Å². The molecule has 6 heteroatoms. The highest BCUT2D eigenvalue weighted by Crippen LogP contribution is 2.17. The molecule has 0 aliphatic rings. The molecule has 6 nitrogen and oxygen atoms in total. The number of carbonyl (C=O) groups excluding carboxylic acids is 3. The van der Waals surface area contributed by atoms with Crippen molar-refractivity contribution < 1.29 is 28.6 Å². The van der Waals surface area contributed by atoms with Crippen LogP contribution in [-0.4, -0.2) is 37.2 Å². The first-order valence-corrected chi connectivity index (χ1v) is 35.0. The van der Waals surface area contributed by atoms with Crippen LogP contribution in [-0.2, 0) is 28.6 Å². The summed E-state index contributed by atoms with van der Waals surface area (Å²) in [5, 5.41) is 0. The number of hydrogen-bond donors (Lipinski definition) is 0. The van der Waals surface area contributed by atoms with Crippen molar-refractivity contribution in [2.75, 3.05) is 13.2 Å². The van der Waals surface area contributed by atoms with E-state index < -0.39 is 6.10 Å². The van der Waals surface area contributed by atoms with Crippen LogP contribution in [0.4, 0.5) is 0 Å². The topological polar surface area (TPSA) is 78.9 Å². The average molecular weight is 1150 g/mol. The van der Waals surface area contributed by atoms with Gasteiger partial charge in [0.15, 0.2) is 6.10 Å². The van der Waals surface area contributed by atoms with E-state index in [4.69, 9.17) is 14.2 Å². The molecule has 0 spiro atoms. The highest BCUT2D eigenvalue weighted by Gasteiger charge is 2.19. The first-order valence-electron chi connectivity index (χ1n) is 35.0. The van der Waals surface area contributed by atoms with Gasteiger partial charge in [-0.3, -0.25) is 14.4 Å². The molecule has 0 amide bonds. The van der Waals surface area contributed by atoms with Gasteiger partial charge in [-0.05, 0) is 109 Å². The van der Waals surface area contributed by atoms with Gasteiger partial charge in [0.25, 0.3) is 0 Å². The molecule has 0 bridgehead atoms. The van der Waals surface area contributed by atoms with E-state index in [0.29, 0.717) is 25.7 Å². The Labute approximate surface area is 513 Å².